The zero-order chi connectivity index (χ0) is 26.3. The maximum Gasteiger partial charge on any atom is 0.417 e. The van der Waals surface area contributed by atoms with Gasteiger partial charge in [-0.05, 0) is 29.8 Å². The van der Waals surface area contributed by atoms with E-state index in [9.17, 15) is 4.79 Å². The van der Waals surface area contributed by atoms with Crippen molar-refractivity contribution in [2.45, 2.75) is 13.1 Å². The van der Waals surface area contributed by atoms with Gasteiger partial charge in [-0.1, -0.05) is 54.6 Å². The number of aromatic nitrogens is 4. The van der Waals surface area contributed by atoms with Gasteiger partial charge >= 0.3 is 6.09 Å². The van der Waals surface area contributed by atoms with Gasteiger partial charge in [0, 0.05) is 43.5 Å². The predicted octanol–water partition coefficient (Wildman–Crippen LogP) is 5.16. The smallest absolute Gasteiger partial charge is 0.407 e. The summed E-state index contributed by atoms with van der Waals surface area (Å²) in [5.41, 5.74) is 5.60. The van der Waals surface area contributed by atoms with E-state index in [1.165, 1.54) is 11.8 Å². The van der Waals surface area contributed by atoms with Crippen molar-refractivity contribution >= 4 is 22.8 Å². The summed E-state index contributed by atoms with van der Waals surface area (Å²) < 4.78 is 12.3. The molecule has 0 aliphatic rings. The van der Waals surface area contributed by atoms with E-state index in [-0.39, 0.29) is 0 Å². The normalized spacial score (nSPS) is 11.2. The average Bonchev–Trinajstić information content (AvgIpc) is 3.54. The molecule has 0 atom stereocenters. The maximum atomic E-state index is 12.6. The minimum atomic E-state index is -0.600. The molecule has 3 aromatic heterocycles. The summed E-state index contributed by atoms with van der Waals surface area (Å²) in [6, 6.07) is 20.4. The number of likely N-dealkylation sites (N-methyl/N-ethyl adjacent to an activating group) is 1. The minimum absolute atomic E-state index is 0.366. The molecular formula is C29H30N6O3. The first kappa shape index (κ1) is 25.2. The van der Waals surface area contributed by atoms with Gasteiger partial charge in [-0.15, -0.1) is 0 Å². The van der Waals surface area contributed by atoms with Crippen molar-refractivity contribution in [2.24, 2.45) is 0 Å². The van der Waals surface area contributed by atoms with E-state index in [0.717, 1.165) is 35.2 Å². The summed E-state index contributed by atoms with van der Waals surface area (Å²) in [6.07, 6.45) is 6.15. The Bertz CT molecular complexity index is 1490. The van der Waals surface area contributed by atoms with Crippen LogP contribution in [0.1, 0.15) is 11.1 Å². The Morgan fingerprint density at radius 2 is 1.87 bits per heavy atom. The highest BCUT2D eigenvalue weighted by Crippen LogP contribution is 2.28. The second-order valence-corrected chi connectivity index (χ2v) is 9.12. The first-order valence-corrected chi connectivity index (χ1v) is 12.4. The Morgan fingerprint density at radius 1 is 1.05 bits per heavy atom. The third-order valence-corrected chi connectivity index (χ3v) is 6.19. The van der Waals surface area contributed by atoms with E-state index < -0.39 is 6.09 Å². The highest BCUT2D eigenvalue weighted by molar-refractivity contribution is 6.00. The Morgan fingerprint density at radius 3 is 2.66 bits per heavy atom. The number of anilines is 1. The third kappa shape index (κ3) is 6.26. The summed E-state index contributed by atoms with van der Waals surface area (Å²) in [5.74, 6) is 0.366. The number of benzene rings is 2. The lowest BCUT2D eigenvalue weighted by Crippen LogP contribution is -2.22. The van der Waals surface area contributed by atoms with Crippen LogP contribution in [0, 0.1) is 0 Å². The van der Waals surface area contributed by atoms with Crippen molar-refractivity contribution in [1.29, 1.82) is 0 Å². The number of nitrogens with one attached hydrogen (secondary N) is 2. The molecule has 9 heteroatoms. The topological polar surface area (TPSA) is 97.3 Å². The van der Waals surface area contributed by atoms with E-state index >= 15 is 0 Å². The van der Waals surface area contributed by atoms with Gasteiger partial charge in [0.25, 0.3) is 0 Å². The fourth-order valence-corrected chi connectivity index (χ4v) is 4.20. The van der Waals surface area contributed by atoms with Gasteiger partial charge in [-0.3, -0.25) is 14.9 Å². The quantitative estimate of drug-likeness (QED) is 0.269. The minimum Gasteiger partial charge on any atom is -0.407 e. The van der Waals surface area contributed by atoms with Crippen LogP contribution < -0.4 is 10.1 Å². The second-order valence-electron chi connectivity index (χ2n) is 9.12. The fraction of sp³-hybridized carbons (Fsp3) is 0.207. The molecule has 0 unspecified atom stereocenters. The van der Waals surface area contributed by atoms with Gasteiger partial charge in [0.15, 0.2) is 5.75 Å². The molecule has 3 heterocycles. The number of amides is 1. The van der Waals surface area contributed by atoms with Gasteiger partial charge in [0.1, 0.15) is 5.65 Å². The summed E-state index contributed by atoms with van der Waals surface area (Å²) in [6.45, 7) is 3.02. The summed E-state index contributed by atoms with van der Waals surface area (Å²) >= 11 is 0. The number of hydrogen-bond acceptors (Lipinski definition) is 6. The molecule has 38 heavy (non-hydrogen) atoms. The number of H-pyrrole nitrogens is 1. The molecule has 5 rings (SSSR count). The van der Waals surface area contributed by atoms with Crippen molar-refractivity contribution in [2.75, 3.05) is 32.6 Å². The Balaban J connectivity index is 1.24. The van der Waals surface area contributed by atoms with Crippen LogP contribution in [0.4, 0.5) is 10.5 Å². The zero-order valence-electron chi connectivity index (χ0n) is 21.4. The molecule has 5 aromatic rings. The first-order valence-electron chi connectivity index (χ1n) is 12.4. The van der Waals surface area contributed by atoms with Gasteiger partial charge in [0.2, 0.25) is 0 Å². The van der Waals surface area contributed by atoms with Crippen molar-refractivity contribution < 1.29 is 14.3 Å². The fourth-order valence-electron chi connectivity index (χ4n) is 4.20. The number of pyridine rings is 1. The van der Waals surface area contributed by atoms with Crippen LogP contribution in [-0.4, -0.2) is 58.1 Å². The number of aromatic amines is 1. The molecule has 0 fully saturated rings. The highest BCUT2D eigenvalue weighted by atomic mass is 16.6. The predicted molar refractivity (Wildman–Crippen MR) is 147 cm³/mol. The van der Waals surface area contributed by atoms with Crippen LogP contribution in [0.2, 0.25) is 0 Å². The van der Waals surface area contributed by atoms with E-state index in [0.29, 0.717) is 30.2 Å². The monoisotopic (exact) mass is 510 g/mol. The summed E-state index contributed by atoms with van der Waals surface area (Å²) in [4.78, 5) is 22.5. The number of rotatable bonds is 10. The molecule has 1 amide bonds. The van der Waals surface area contributed by atoms with Crippen LogP contribution in [0.15, 0.2) is 85.5 Å². The van der Waals surface area contributed by atoms with Gasteiger partial charge in [0.05, 0.1) is 31.2 Å². The van der Waals surface area contributed by atoms with E-state index in [2.05, 4.69) is 56.6 Å². The van der Waals surface area contributed by atoms with E-state index in [4.69, 9.17) is 9.47 Å². The number of nitrogens with zero attached hydrogens (tertiary/aromatic N) is 4. The van der Waals surface area contributed by atoms with E-state index in [1.54, 1.807) is 24.2 Å². The standard InChI is InChI=1S/C29H30N6O3/c1-34(12-13-37-2)18-22-8-10-23(11-9-22)24-14-26-27(17-31-28(26)30-15-24)33-29(36)38-25-16-32-35(20-25)19-21-6-4-3-5-7-21/h3-11,14-17,20H,12-13,18-19H2,1-2H3,(H,30,31)(H,33,36). The van der Waals surface area contributed by atoms with Crippen molar-refractivity contribution in [1.82, 2.24) is 24.6 Å². The number of ether oxygens (including phenoxy) is 2. The molecule has 0 saturated carbocycles. The Kier molecular flexibility index (Phi) is 7.77. The Hall–Kier alpha value is -4.47. The lowest BCUT2D eigenvalue weighted by molar-refractivity contribution is 0.158. The molecule has 2 aromatic carbocycles. The highest BCUT2D eigenvalue weighted by Gasteiger charge is 2.13. The van der Waals surface area contributed by atoms with Crippen molar-refractivity contribution in [3.8, 4) is 16.9 Å². The first-order chi connectivity index (χ1) is 18.6. The SMILES string of the molecule is COCCN(C)Cc1ccc(-c2cnc3[nH]cc(NC(=O)Oc4cnn(Cc5ccccc5)c4)c3c2)cc1. The summed E-state index contributed by atoms with van der Waals surface area (Å²) in [7, 11) is 3.79. The zero-order valence-corrected chi connectivity index (χ0v) is 21.4. The van der Waals surface area contributed by atoms with Gasteiger partial charge in [-0.2, -0.15) is 5.10 Å². The van der Waals surface area contributed by atoms with Crippen LogP contribution in [0.25, 0.3) is 22.2 Å². The van der Waals surface area contributed by atoms with Crippen LogP contribution >= 0.6 is 0 Å². The number of carbonyl (C=O) groups excluding carboxylic acids is 1. The number of methoxy groups -OCH3 is 1. The molecule has 0 saturated heterocycles. The molecule has 0 radical (unpaired) electrons. The molecule has 0 bridgehead atoms. The summed E-state index contributed by atoms with van der Waals surface area (Å²) in [5, 5.41) is 7.89. The molecule has 0 aliphatic heterocycles. The Labute approximate surface area is 221 Å². The lowest BCUT2D eigenvalue weighted by Gasteiger charge is -2.16. The third-order valence-electron chi connectivity index (χ3n) is 6.19. The number of hydrogen-bond donors (Lipinski definition) is 2. The molecule has 0 aliphatic carbocycles. The second kappa shape index (κ2) is 11.7. The van der Waals surface area contributed by atoms with Crippen molar-refractivity contribution in [3.05, 3.63) is 96.6 Å². The molecule has 9 nitrogen and oxygen atoms in total. The average molecular weight is 511 g/mol. The maximum absolute atomic E-state index is 12.6. The van der Waals surface area contributed by atoms with Crippen molar-refractivity contribution in [3.63, 3.8) is 0 Å². The van der Waals surface area contributed by atoms with Crippen LogP contribution in [-0.2, 0) is 17.8 Å². The largest absolute Gasteiger partial charge is 0.417 e. The van der Waals surface area contributed by atoms with E-state index in [1.807, 2.05) is 42.6 Å². The lowest BCUT2D eigenvalue weighted by atomic mass is 10.0. The molecule has 2 N–H and O–H groups in total. The van der Waals surface area contributed by atoms with Crippen LogP contribution in [0.3, 0.4) is 0 Å². The van der Waals surface area contributed by atoms with Crippen LogP contribution in [0.5, 0.6) is 5.75 Å². The molecular weight excluding hydrogens is 480 g/mol. The van der Waals surface area contributed by atoms with Gasteiger partial charge < -0.3 is 14.5 Å². The number of carbonyl (C=O) groups is 1. The van der Waals surface area contributed by atoms with Gasteiger partial charge in [-0.25, -0.2) is 9.78 Å². The molecule has 0 spiro atoms. The number of fused-ring (bicyclic) bond motifs is 1. The molecule has 194 valence electrons.